The lowest BCUT2D eigenvalue weighted by Crippen LogP contribution is -2.47. The second-order valence-corrected chi connectivity index (χ2v) is 4.29. The van der Waals surface area contributed by atoms with Crippen LogP contribution in [0, 0.1) is 0 Å². The largest absolute Gasteiger partial charge is 0.480 e. The van der Waals surface area contributed by atoms with Crippen LogP contribution in [0.3, 0.4) is 0 Å². The molecule has 0 aliphatic rings. The monoisotopic (exact) mass is 275 g/mol. The van der Waals surface area contributed by atoms with Crippen molar-refractivity contribution in [2.45, 2.75) is 19.1 Å². The third-order valence-corrected chi connectivity index (χ3v) is 2.77. The third-order valence-electron chi connectivity index (χ3n) is 2.77. The molecule has 1 aromatic heterocycles. The summed E-state index contributed by atoms with van der Waals surface area (Å²) >= 11 is 0. The maximum Gasteiger partial charge on any atom is 0.328 e. The second-order valence-electron chi connectivity index (χ2n) is 4.29. The minimum atomic E-state index is -1.36. The molecular formula is C13H13N3O4. The Bertz CT molecular complexity index is 657. The highest BCUT2D eigenvalue weighted by Gasteiger charge is 2.25. The molecule has 7 nitrogen and oxygen atoms in total. The Balaban J connectivity index is 2.24. The van der Waals surface area contributed by atoms with Crippen LogP contribution in [-0.2, 0) is 4.79 Å². The maximum absolute atomic E-state index is 12.0. The molecule has 3 N–H and O–H groups in total. The SMILES string of the molecule is C[C@@H](O)[C@H](NC(=O)c1ccc2nccnc2c1)C(=O)O. The van der Waals surface area contributed by atoms with Crippen molar-refractivity contribution in [3.8, 4) is 0 Å². The number of carbonyl (C=O) groups excluding carboxylic acids is 1. The molecular weight excluding hydrogens is 262 g/mol. The number of aromatic nitrogens is 2. The van der Waals surface area contributed by atoms with Gasteiger partial charge in [0.2, 0.25) is 0 Å². The summed E-state index contributed by atoms with van der Waals surface area (Å²) in [6.45, 7) is 1.30. The highest BCUT2D eigenvalue weighted by molar-refractivity contribution is 5.99. The molecule has 1 aromatic carbocycles. The standard InChI is InChI=1S/C13H13N3O4/c1-7(17)11(13(19)20)16-12(18)8-2-3-9-10(6-8)15-5-4-14-9/h2-7,11,17H,1H3,(H,16,18)(H,19,20)/t7-,11+/m1/s1. The van der Waals surface area contributed by atoms with Crippen LogP contribution < -0.4 is 5.32 Å². The highest BCUT2D eigenvalue weighted by Crippen LogP contribution is 2.11. The molecule has 0 saturated carbocycles. The fourth-order valence-corrected chi connectivity index (χ4v) is 1.72. The minimum absolute atomic E-state index is 0.255. The van der Waals surface area contributed by atoms with Gasteiger partial charge >= 0.3 is 5.97 Å². The number of hydrogen-bond acceptors (Lipinski definition) is 5. The van der Waals surface area contributed by atoms with Crippen LogP contribution in [0.1, 0.15) is 17.3 Å². The van der Waals surface area contributed by atoms with Gasteiger partial charge in [-0.15, -0.1) is 0 Å². The maximum atomic E-state index is 12.0. The number of benzene rings is 1. The van der Waals surface area contributed by atoms with Crippen molar-refractivity contribution in [1.82, 2.24) is 15.3 Å². The van der Waals surface area contributed by atoms with Crippen LogP contribution in [0.2, 0.25) is 0 Å². The number of nitrogens with one attached hydrogen (secondary N) is 1. The Morgan fingerprint density at radius 1 is 1.20 bits per heavy atom. The number of aliphatic carboxylic acids is 1. The van der Waals surface area contributed by atoms with Crippen molar-refractivity contribution in [2.24, 2.45) is 0 Å². The van der Waals surface area contributed by atoms with Crippen molar-refractivity contribution in [3.63, 3.8) is 0 Å². The molecule has 0 saturated heterocycles. The number of aliphatic hydroxyl groups is 1. The van der Waals surface area contributed by atoms with Crippen molar-refractivity contribution in [2.75, 3.05) is 0 Å². The van der Waals surface area contributed by atoms with E-state index in [-0.39, 0.29) is 5.56 Å². The summed E-state index contributed by atoms with van der Waals surface area (Å²) in [6.07, 6.45) is 1.84. The molecule has 2 rings (SSSR count). The first-order valence-corrected chi connectivity index (χ1v) is 5.91. The molecule has 0 bridgehead atoms. The van der Waals surface area contributed by atoms with E-state index in [1.54, 1.807) is 6.07 Å². The summed E-state index contributed by atoms with van der Waals surface area (Å²) in [7, 11) is 0. The van der Waals surface area contributed by atoms with E-state index >= 15 is 0 Å². The molecule has 104 valence electrons. The van der Waals surface area contributed by atoms with E-state index in [1.807, 2.05) is 0 Å². The van der Waals surface area contributed by atoms with Gasteiger partial charge in [0.15, 0.2) is 6.04 Å². The van der Waals surface area contributed by atoms with Gasteiger partial charge in [-0.3, -0.25) is 14.8 Å². The second kappa shape index (κ2) is 5.62. The third kappa shape index (κ3) is 2.89. The van der Waals surface area contributed by atoms with Gasteiger partial charge in [0.25, 0.3) is 5.91 Å². The van der Waals surface area contributed by atoms with Gasteiger partial charge in [-0.25, -0.2) is 4.79 Å². The summed E-state index contributed by atoms with van der Waals surface area (Å²) in [4.78, 5) is 31.0. The zero-order chi connectivity index (χ0) is 14.7. The summed E-state index contributed by atoms with van der Waals surface area (Å²) in [5, 5.41) is 20.5. The molecule has 0 aliphatic heterocycles. The molecule has 0 spiro atoms. The van der Waals surface area contributed by atoms with Crippen LogP contribution in [-0.4, -0.2) is 44.2 Å². The van der Waals surface area contributed by atoms with E-state index in [9.17, 15) is 14.7 Å². The number of carboxylic acids is 1. The Morgan fingerprint density at radius 3 is 2.45 bits per heavy atom. The predicted molar refractivity (Wildman–Crippen MR) is 70.1 cm³/mol. The topological polar surface area (TPSA) is 112 Å². The molecule has 0 unspecified atom stereocenters. The van der Waals surface area contributed by atoms with Gasteiger partial charge in [-0.2, -0.15) is 0 Å². The van der Waals surface area contributed by atoms with Crippen LogP contribution in [0.5, 0.6) is 0 Å². The first kappa shape index (κ1) is 13.9. The first-order chi connectivity index (χ1) is 9.49. The number of rotatable bonds is 4. The van der Waals surface area contributed by atoms with E-state index in [4.69, 9.17) is 5.11 Å². The quantitative estimate of drug-likeness (QED) is 0.734. The lowest BCUT2D eigenvalue weighted by Gasteiger charge is -2.17. The van der Waals surface area contributed by atoms with Crippen LogP contribution in [0.25, 0.3) is 11.0 Å². The van der Waals surface area contributed by atoms with Gasteiger partial charge in [0.1, 0.15) is 0 Å². The zero-order valence-electron chi connectivity index (χ0n) is 10.6. The molecule has 2 aromatic rings. The van der Waals surface area contributed by atoms with Crippen molar-refractivity contribution in [3.05, 3.63) is 36.2 Å². The first-order valence-electron chi connectivity index (χ1n) is 5.91. The van der Waals surface area contributed by atoms with E-state index in [0.29, 0.717) is 11.0 Å². The number of nitrogens with zero attached hydrogens (tertiary/aromatic N) is 2. The number of amides is 1. The fraction of sp³-hybridized carbons (Fsp3) is 0.231. The van der Waals surface area contributed by atoms with Crippen molar-refractivity contribution < 1.29 is 19.8 Å². The molecule has 20 heavy (non-hydrogen) atoms. The molecule has 1 heterocycles. The van der Waals surface area contributed by atoms with Gasteiger partial charge in [-0.05, 0) is 25.1 Å². The van der Waals surface area contributed by atoms with Crippen molar-refractivity contribution >= 4 is 22.9 Å². The van der Waals surface area contributed by atoms with Crippen LogP contribution in [0.4, 0.5) is 0 Å². The predicted octanol–water partition coefficient (Wildman–Crippen LogP) is 0.194. The van der Waals surface area contributed by atoms with E-state index in [0.717, 1.165) is 0 Å². The molecule has 0 radical (unpaired) electrons. The summed E-state index contributed by atoms with van der Waals surface area (Å²) in [6, 6.07) is 3.29. The van der Waals surface area contributed by atoms with Crippen molar-refractivity contribution in [1.29, 1.82) is 0 Å². The smallest absolute Gasteiger partial charge is 0.328 e. The van der Waals surface area contributed by atoms with E-state index in [1.165, 1.54) is 31.5 Å². The highest BCUT2D eigenvalue weighted by atomic mass is 16.4. The molecule has 7 heteroatoms. The number of fused-ring (bicyclic) bond motifs is 1. The zero-order valence-corrected chi connectivity index (χ0v) is 10.6. The normalized spacial score (nSPS) is 13.7. The number of hydrogen-bond donors (Lipinski definition) is 3. The Hall–Kier alpha value is -2.54. The number of carbonyl (C=O) groups is 2. The lowest BCUT2D eigenvalue weighted by atomic mass is 10.1. The summed E-state index contributed by atoms with van der Waals surface area (Å²) < 4.78 is 0. The van der Waals surface area contributed by atoms with Gasteiger partial charge < -0.3 is 15.5 Å². The Labute approximate surface area is 114 Å². The van der Waals surface area contributed by atoms with Crippen LogP contribution in [0.15, 0.2) is 30.6 Å². The molecule has 0 fully saturated rings. The minimum Gasteiger partial charge on any atom is -0.480 e. The summed E-state index contributed by atoms with van der Waals surface area (Å²) in [5.74, 6) is -1.89. The average Bonchev–Trinajstić information content (AvgIpc) is 2.43. The van der Waals surface area contributed by atoms with Gasteiger partial charge in [0, 0.05) is 18.0 Å². The van der Waals surface area contributed by atoms with Gasteiger partial charge in [-0.1, -0.05) is 0 Å². The lowest BCUT2D eigenvalue weighted by molar-refractivity contribution is -0.141. The van der Waals surface area contributed by atoms with Gasteiger partial charge in [0.05, 0.1) is 17.1 Å². The number of aliphatic hydroxyl groups excluding tert-OH is 1. The van der Waals surface area contributed by atoms with Crippen LogP contribution >= 0.6 is 0 Å². The van der Waals surface area contributed by atoms with E-state index in [2.05, 4.69) is 15.3 Å². The average molecular weight is 275 g/mol. The van der Waals surface area contributed by atoms with E-state index < -0.39 is 24.0 Å². The molecule has 1 amide bonds. The Morgan fingerprint density at radius 2 is 1.85 bits per heavy atom. The molecule has 0 aliphatic carbocycles. The summed E-state index contributed by atoms with van der Waals surface area (Å²) in [5.41, 5.74) is 1.42. The number of carboxylic acid groups (broad SMARTS) is 1. The molecule has 2 atom stereocenters. The fourth-order valence-electron chi connectivity index (χ4n) is 1.72. The Kier molecular flexibility index (Phi) is 3.90.